The Balaban J connectivity index is 1.92. The van der Waals surface area contributed by atoms with E-state index >= 15 is 0 Å². The highest BCUT2D eigenvalue weighted by Crippen LogP contribution is 2.17. The lowest BCUT2D eigenvalue weighted by atomic mass is 10.1. The molecule has 0 atom stereocenters. The fraction of sp³-hybridized carbons (Fsp3) is 0.267. The van der Waals surface area contributed by atoms with Crippen LogP contribution in [0, 0.1) is 6.92 Å². The van der Waals surface area contributed by atoms with Crippen molar-refractivity contribution in [1.29, 1.82) is 0 Å². The Morgan fingerprint density at radius 2 is 2.06 bits per heavy atom. The molecule has 0 spiro atoms. The zero-order chi connectivity index (χ0) is 12.8. The predicted molar refractivity (Wildman–Crippen MR) is 74.2 cm³/mol. The number of nitrogens with zero attached hydrogens (tertiary/aromatic N) is 1. The second-order valence-corrected chi connectivity index (χ2v) is 4.17. The number of aryl methyl sites for hydroxylation is 1. The van der Waals surface area contributed by atoms with Crippen molar-refractivity contribution in [1.82, 2.24) is 4.98 Å². The highest BCUT2D eigenvalue weighted by Gasteiger charge is 2.01. The molecule has 94 valence electrons. The Morgan fingerprint density at radius 3 is 2.83 bits per heavy atom. The van der Waals surface area contributed by atoms with E-state index in [1.807, 2.05) is 43.5 Å². The van der Waals surface area contributed by atoms with E-state index in [9.17, 15) is 0 Å². The third-order valence-electron chi connectivity index (χ3n) is 2.81. The van der Waals surface area contributed by atoms with Crippen molar-refractivity contribution in [3.05, 3.63) is 53.9 Å². The number of benzene rings is 1. The third-order valence-corrected chi connectivity index (χ3v) is 2.81. The smallest absolute Gasteiger partial charge is 0.122 e. The van der Waals surface area contributed by atoms with Gasteiger partial charge in [-0.2, -0.15) is 0 Å². The topological polar surface area (TPSA) is 34.1 Å². The average Bonchev–Trinajstić information content (AvgIpc) is 2.39. The molecule has 0 fully saturated rings. The van der Waals surface area contributed by atoms with Gasteiger partial charge in [-0.1, -0.05) is 18.2 Å². The van der Waals surface area contributed by atoms with Gasteiger partial charge in [-0.05, 0) is 37.1 Å². The highest BCUT2D eigenvalue weighted by atomic mass is 16.5. The van der Waals surface area contributed by atoms with Gasteiger partial charge in [-0.15, -0.1) is 0 Å². The number of anilines is 1. The number of aromatic nitrogens is 1. The van der Waals surface area contributed by atoms with Crippen LogP contribution in [0.25, 0.3) is 0 Å². The molecule has 3 nitrogen and oxygen atoms in total. The summed E-state index contributed by atoms with van der Waals surface area (Å²) in [6.07, 6.45) is 2.76. The number of hydrogen-bond donors (Lipinski definition) is 1. The number of nitrogens with one attached hydrogen (secondary N) is 1. The van der Waals surface area contributed by atoms with Crippen LogP contribution in [-0.4, -0.2) is 18.6 Å². The van der Waals surface area contributed by atoms with Crippen LogP contribution >= 0.6 is 0 Å². The Morgan fingerprint density at radius 1 is 1.22 bits per heavy atom. The van der Waals surface area contributed by atoms with Crippen LogP contribution in [0.5, 0.6) is 5.75 Å². The van der Waals surface area contributed by atoms with E-state index in [4.69, 9.17) is 4.74 Å². The summed E-state index contributed by atoms with van der Waals surface area (Å²) in [6, 6.07) is 12.1. The van der Waals surface area contributed by atoms with E-state index in [0.29, 0.717) is 0 Å². The fourth-order valence-corrected chi connectivity index (χ4v) is 1.91. The lowest BCUT2D eigenvalue weighted by Gasteiger charge is -2.10. The van der Waals surface area contributed by atoms with Crippen molar-refractivity contribution in [3.8, 4) is 5.75 Å². The van der Waals surface area contributed by atoms with Gasteiger partial charge in [0.15, 0.2) is 0 Å². The van der Waals surface area contributed by atoms with E-state index < -0.39 is 0 Å². The van der Waals surface area contributed by atoms with Gasteiger partial charge < -0.3 is 10.1 Å². The van der Waals surface area contributed by atoms with Crippen molar-refractivity contribution < 1.29 is 4.74 Å². The molecule has 0 aliphatic carbocycles. The van der Waals surface area contributed by atoms with Crippen molar-refractivity contribution in [2.24, 2.45) is 0 Å². The standard InChI is InChI=1S/C15H18N2O/c1-12-11-14(8-10-16-12)17-9-7-13-5-3-4-6-15(13)18-2/h3-6,8,10-11H,7,9H2,1-2H3,(H,16,17). The average molecular weight is 242 g/mol. The Labute approximate surface area is 108 Å². The van der Waals surface area contributed by atoms with Crippen LogP contribution in [0.1, 0.15) is 11.3 Å². The first kappa shape index (κ1) is 12.4. The van der Waals surface area contributed by atoms with Gasteiger partial charge in [-0.3, -0.25) is 4.98 Å². The number of pyridine rings is 1. The molecule has 1 aromatic carbocycles. The normalized spacial score (nSPS) is 10.1. The minimum atomic E-state index is 0.879. The molecule has 1 aromatic heterocycles. The quantitative estimate of drug-likeness (QED) is 0.875. The number of ether oxygens (including phenoxy) is 1. The van der Waals surface area contributed by atoms with Crippen molar-refractivity contribution in [2.45, 2.75) is 13.3 Å². The molecule has 2 aromatic rings. The Hall–Kier alpha value is -2.03. The summed E-state index contributed by atoms with van der Waals surface area (Å²) in [6.45, 7) is 2.87. The van der Waals surface area contributed by atoms with Crippen LogP contribution in [0.3, 0.4) is 0 Å². The maximum Gasteiger partial charge on any atom is 0.122 e. The molecule has 18 heavy (non-hydrogen) atoms. The summed E-state index contributed by atoms with van der Waals surface area (Å²) < 4.78 is 5.33. The highest BCUT2D eigenvalue weighted by molar-refractivity contribution is 5.43. The van der Waals surface area contributed by atoms with Gasteiger partial charge in [0.1, 0.15) is 5.75 Å². The zero-order valence-corrected chi connectivity index (χ0v) is 10.8. The molecular formula is C15H18N2O. The van der Waals surface area contributed by atoms with E-state index in [-0.39, 0.29) is 0 Å². The molecule has 3 heteroatoms. The first-order chi connectivity index (χ1) is 8.79. The SMILES string of the molecule is COc1ccccc1CCNc1ccnc(C)c1. The molecule has 0 aliphatic rings. The monoisotopic (exact) mass is 242 g/mol. The lowest BCUT2D eigenvalue weighted by Crippen LogP contribution is -2.06. The minimum Gasteiger partial charge on any atom is -0.496 e. The number of methoxy groups -OCH3 is 1. The maximum absolute atomic E-state index is 5.33. The molecule has 0 radical (unpaired) electrons. The molecule has 2 rings (SSSR count). The first-order valence-electron chi connectivity index (χ1n) is 6.08. The fourth-order valence-electron chi connectivity index (χ4n) is 1.91. The van der Waals surface area contributed by atoms with E-state index in [0.717, 1.165) is 30.1 Å². The van der Waals surface area contributed by atoms with Crippen LogP contribution < -0.4 is 10.1 Å². The van der Waals surface area contributed by atoms with Gasteiger partial charge in [0.2, 0.25) is 0 Å². The van der Waals surface area contributed by atoms with Crippen LogP contribution in [0.2, 0.25) is 0 Å². The minimum absolute atomic E-state index is 0.879. The Kier molecular flexibility index (Phi) is 4.18. The molecule has 0 aliphatic heterocycles. The van der Waals surface area contributed by atoms with Gasteiger partial charge in [0.05, 0.1) is 7.11 Å². The lowest BCUT2D eigenvalue weighted by molar-refractivity contribution is 0.410. The molecule has 0 saturated heterocycles. The Bertz CT molecular complexity index is 511. The van der Waals surface area contributed by atoms with Gasteiger partial charge >= 0.3 is 0 Å². The van der Waals surface area contributed by atoms with Gasteiger partial charge in [0.25, 0.3) is 0 Å². The predicted octanol–water partition coefficient (Wildman–Crippen LogP) is 3.05. The van der Waals surface area contributed by atoms with Gasteiger partial charge in [-0.25, -0.2) is 0 Å². The summed E-state index contributed by atoms with van der Waals surface area (Å²) in [4.78, 5) is 4.17. The largest absolute Gasteiger partial charge is 0.496 e. The summed E-state index contributed by atoms with van der Waals surface area (Å²) in [5.74, 6) is 0.949. The molecule has 0 bridgehead atoms. The summed E-state index contributed by atoms with van der Waals surface area (Å²) in [7, 11) is 1.71. The summed E-state index contributed by atoms with van der Waals surface area (Å²) in [5.41, 5.74) is 3.35. The molecule has 1 N–H and O–H groups in total. The summed E-state index contributed by atoms with van der Waals surface area (Å²) in [5, 5.41) is 3.39. The first-order valence-corrected chi connectivity index (χ1v) is 6.08. The van der Waals surface area contributed by atoms with Crippen LogP contribution in [0.15, 0.2) is 42.6 Å². The van der Waals surface area contributed by atoms with E-state index in [1.54, 1.807) is 7.11 Å². The van der Waals surface area contributed by atoms with Crippen LogP contribution in [-0.2, 0) is 6.42 Å². The van der Waals surface area contributed by atoms with Crippen LogP contribution in [0.4, 0.5) is 5.69 Å². The summed E-state index contributed by atoms with van der Waals surface area (Å²) >= 11 is 0. The zero-order valence-electron chi connectivity index (χ0n) is 10.8. The van der Waals surface area contributed by atoms with E-state index in [1.165, 1.54) is 5.56 Å². The van der Waals surface area contributed by atoms with Crippen molar-refractivity contribution >= 4 is 5.69 Å². The van der Waals surface area contributed by atoms with E-state index in [2.05, 4.69) is 16.4 Å². The molecule has 0 saturated carbocycles. The van der Waals surface area contributed by atoms with Crippen molar-refractivity contribution in [2.75, 3.05) is 19.0 Å². The third kappa shape index (κ3) is 3.23. The molecular weight excluding hydrogens is 224 g/mol. The number of rotatable bonds is 5. The van der Waals surface area contributed by atoms with Crippen molar-refractivity contribution in [3.63, 3.8) is 0 Å². The second kappa shape index (κ2) is 6.05. The molecule has 0 amide bonds. The molecule has 1 heterocycles. The number of para-hydroxylation sites is 1. The second-order valence-electron chi connectivity index (χ2n) is 4.17. The number of hydrogen-bond acceptors (Lipinski definition) is 3. The van der Waals surface area contributed by atoms with Gasteiger partial charge in [0, 0.05) is 24.1 Å². The molecule has 0 unspecified atom stereocenters. The maximum atomic E-state index is 5.33.